The largest absolute Gasteiger partial charge is 0.443 e. The van der Waals surface area contributed by atoms with Gasteiger partial charge in [0, 0.05) is 49.0 Å². The van der Waals surface area contributed by atoms with Gasteiger partial charge in [-0.2, -0.15) is 4.98 Å². The Bertz CT molecular complexity index is 1760. The van der Waals surface area contributed by atoms with Gasteiger partial charge in [0.05, 0.1) is 10.4 Å². The molecule has 0 saturated heterocycles. The van der Waals surface area contributed by atoms with Crippen LogP contribution >= 0.6 is 0 Å². The summed E-state index contributed by atoms with van der Waals surface area (Å²) in [6.45, 7) is 6.51. The molecule has 0 radical (unpaired) electrons. The zero-order valence-electron chi connectivity index (χ0n) is 26.6. The molecule has 5 rings (SSSR count). The lowest BCUT2D eigenvalue weighted by atomic mass is 9.82. The van der Waals surface area contributed by atoms with Gasteiger partial charge < -0.3 is 15.0 Å². The quantitative estimate of drug-likeness (QED) is 0.157. The van der Waals surface area contributed by atoms with E-state index in [0.29, 0.717) is 35.7 Å². The summed E-state index contributed by atoms with van der Waals surface area (Å²) in [5.41, 5.74) is 6.53. The molecule has 1 heterocycles. The SMILES string of the molecule is CN(C)c1cccc2c(S(=O)(=O)NCC3CCC(CNc4nc(NNC(=O)OC(C)(C)C)c5ccccc5n4)CC3)cccc12. The Morgan fingerprint density at radius 2 is 1.51 bits per heavy atom. The fraction of sp³-hybridized carbons (Fsp3) is 0.424. The first-order valence-electron chi connectivity index (χ1n) is 15.3. The fourth-order valence-electron chi connectivity index (χ4n) is 5.73. The number of ether oxygens (including phenoxy) is 1. The minimum atomic E-state index is -3.67. The molecule has 3 aromatic carbocycles. The van der Waals surface area contributed by atoms with Crippen LogP contribution in [-0.4, -0.2) is 57.3 Å². The molecule has 45 heavy (non-hydrogen) atoms. The number of carbonyl (C=O) groups is 1. The summed E-state index contributed by atoms with van der Waals surface area (Å²) in [5, 5.41) is 5.78. The van der Waals surface area contributed by atoms with Crippen LogP contribution in [-0.2, 0) is 14.8 Å². The summed E-state index contributed by atoms with van der Waals surface area (Å²) in [7, 11) is 0.241. The Balaban J connectivity index is 1.15. The van der Waals surface area contributed by atoms with E-state index in [-0.39, 0.29) is 5.92 Å². The molecular formula is C33H43N7O4S. The first kappa shape index (κ1) is 32.2. The summed E-state index contributed by atoms with van der Waals surface area (Å²) in [4.78, 5) is 23.7. The van der Waals surface area contributed by atoms with Crippen LogP contribution in [0, 0.1) is 11.8 Å². The second-order valence-corrected chi connectivity index (χ2v) is 14.5. The summed E-state index contributed by atoms with van der Waals surface area (Å²) in [6.07, 6.45) is 3.20. The third-order valence-corrected chi connectivity index (χ3v) is 9.47. The predicted molar refractivity (Wildman–Crippen MR) is 180 cm³/mol. The van der Waals surface area contributed by atoms with E-state index < -0.39 is 21.7 Å². The van der Waals surface area contributed by atoms with E-state index in [1.807, 2.05) is 67.5 Å². The van der Waals surface area contributed by atoms with Crippen LogP contribution in [0.15, 0.2) is 65.6 Å². The maximum absolute atomic E-state index is 13.4. The van der Waals surface area contributed by atoms with Crippen LogP contribution < -0.4 is 25.8 Å². The van der Waals surface area contributed by atoms with Crippen LogP contribution in [0.2, 0.25) is 0 Å². The smallest absolute Gasteiger partial charge is 0.426 e. The van der Waals surface area contributed by atoms with E-state index in [9.17, 15) is 13.2 Å². The Kier molecular flexibility index (Phi) is 9.64. The fourth-order valence-corrected chi connectivity index (χ4v) is 7.07. The second-order valence-electron chi connectivity index (χ2n) is 12.8. The number of carbonyl (C=O) groups excluding carboxylic acids is 1. The van der Waals surface area contributed by atoms with Gasteiger partial charge >= 0.3 is 6.09 Å². The maximum atomic E-state index is 13.4. The highest BCUT2D eigenvalue weighted by Gasteiger charge is 2.25. The normalized spacial score (nSPS) is 17.2. The van der Waals surface area contributed by atoms with Crippen molar-refractivity contribution in [1.82, 2.24) is 20.1 Å². The molecule has 1 amide bonds. The van der Waals surface area contributed by atoms with E-state index in [1.165, 1.54) is 0 Å². The third kappa shape index (κ3) is 8.12. The van der Waals surface area contributed by atoms with Gasteiger partial charge in [-0.05, 0) is 82.6 Å². The molecule has 1 aliphatic rings. The van der Waals surface area contributed by atoms with E-state index in [0.717, 1.165) is 53.0 Å². The lowest BCUT2D eigenvalue weighted by Gasteiger charge is -2.29. The number of aromatic nitrogens is 2. The Morgan fingerprint density at radius 3 is 2.22 bits per heavy atom. The number of rotatable bonds is 10. The minimum absolute atomic E-state index is 0.273. The summed E-state index contributed by atoms with van der Waals surface area (Å²) >= 11 is 0. The average molecular weight is 634 g/mol. The van der Waals surface area contributed by atoms with Crippen molar-refractivity contribution in [3.8, 4) is 0 Å². The van der Waals surface area contributed by atoms with Gasteiger partial charge in [0.1, 0.15) is 5.60 Å². The van der Waals surface area contributed by atoms with Crippen molar-refractivity contribution in [3.05, 3.63) is 60.7 Å². The number of anilines is 3. The van der Waals surface area contributed by atoms with Crippen LogP contribution in [0.4, 0.5) is 22.2 Å². The molecule has 11 nitrogen and oxygen atoms in total. The number of fused-ring (bicyclic) bond motifs is 2. The summed E-state index contributed by atoms with van der Waals surface area (Å²) < 4.78 is 35.0. The number of nitrogens with zero attached hydrogens (tertiary/aromatic N) is 3. The van der Waals surface area contributed by atoms with Crippen molar-refractivity contribution in [2.75, 3.05) is 42.8 Å². The van der Waals surface area contributed by atoms with E-state index in [1.54, 1.807) is 32.9 Å². The van der Waals surface area contributed by atoms with Gasteiger partial charge in [0.25, 0.3) is 0 Å². The number of para-hydroxylation sites is 1. The van der Waals surface area contributed by atoms with Crippen molar-refractivity contribution in [2.45, 2.75) is 57.0 Å². The average Bonchev–Trinajstić information content (AvgIpc) is 3.00. The number of sulfonamides is 1. The van der Waals surface area contributed by atoms with Gasteiger partial charge in [-0.3, -0.25) is 5.43 Å². The van der Waals surface area contributed by atoms with Crippen LogP contribution in [0.5, 0.6) is 0 Å². The van der Waals surface area contributed by atoms with Crippen LogP contribution in [0.25, 0.3) is 21.7 Å². The monoisotopic (exact) mass is 633 g/mol. The number of hydrogen-bond donors (Lipinski definition) is 4. The molecule has 1 aromatic heterocycles. The van der Waals surface area contributed by atoms with Gasteiger partial charge in [0.2, 0.25) is 16.0 Å². The molecule has 4 N–H and O–H groups in total. The van der Waals surface area contributed by atoms with Crippen molar-refractivity contribution in [3.63, 3.8) is 0 Å². The minimum Gasteiger partial charge on any atom is -0.443 e. The lowest BCUT2D eigenvalue weighted by molar-refractivity contribution is 0.0541. The zero-order chi connectivity index (χ0) is 32.2. The van der Waals surface area contributed by atoms with Gasteiger partial charge in [-0.15, -0.1) is 0 Å². The molecule has 1 fully saturated rings. The molecule has 0 aliphatic heterocycles. The molecular weight excluding hydrogens is 590 g/mol. The van der Waals surface area contributed by atoms with Crippen molar-refractivity contribution >= 4 is 55.2 Å². The topological polar surface area (TPSA) is 138 Å². The second kappa shape index (κ2) is 13.5. The Morgan fingerprint density at radius 1 is 0.867 bits per heavy atom. The number of hydrazine groups is 1. The van der Waals surface area contributed by atoms with E-state index in [2.05, 4.69) is 30.9 Å². The molecule has 240 valence electrons. The lowest BCUT2D eigenvalue weighted by Crippen LogP contribution is -2.36. The van der Waals surface area contributed by atoms with Gasteiger partial charge in [-0.1, -0.05) is 36.4 Å². The van der Waals surface area contributed by atoms with Crippen molar-refractivity contribution in [1.29, 1.82) is 0 Å². The molecule has 0 unspecified atom stereocenters. The molecule has 1 saturated carbocycles. The first-order chi connectivity index (χ1) is 21.4. The number of amides is 1. The van der Waals surface area contributed by atoms with Crippen LogP contribution in [0.3, 0.4) is 0 Å². The summed E-state index contributed by atoms with van der Waals surface area (Å²) in [5.74, 6) is 1.61. The Labute approximate surface area is 265 Å². The molecule has 0 spiro atoms. The maximum Gasteiger partial charge on any atom is 0.426 e. The molecule has 0 bridgehead atoms. The molecule has 0 atom stereocenters. The van der Waals surface area contributed by atoms with E-state index in [4.69, 9.17) is 4.74 Å². The Hall–Kier alpha value is -4.16. The number of benzene rings is 3. The highest BCUT2D eigenvalue weighted by Crippen LogP contribution is 2.32. The highest BCUT2D eigenvalue weighted by molar-refractivity contribution is 7.89. The molecule has 4 aromatic rings. The molecule has 1 aliphatic carbocycles. The van der Waals surface area contributed by atoms with E-state index >= 15 is 0 Å². The summed E-state index contributed by atoms with van der Waals surface area (Å²) in [6, 6.07) is 18.8. The first-order valence-corrected chi connectivity index (χ1v) is 16.8. The van der Waals surface area contributed by atoms with Crippen molar-refractivity contribution < 1.29 is 17.9 Å². The standard InChI is InChI=1S/C33H43N7O4S/c1-33(2,3)44-32(41)39-38-30-26-10-6-7-13-27(26)36-31(37-30)34-20-22-16-18-23(19-17-22)21-35-45(42,43)29-15-9-11-24-25(29)12-8-14-28(24)40(4)5/h6-15,22-23,35H,16-21H2,1-5H3,(H,39,41)(H2,34,36,37,38). The van der Waals surface area contributed by atoms with Gasteiger partial charge in [-0.25, -0.2) is 28.3 Å². The van der Waals surface area contributed by atoms with Crippen LogP contribution in [0.1, 0.15) is 46.5 Å². The molecule has 12 heteroatoms. The predicted octanol–water partition coefficient (Wildman–Crippen LogP) is 5.90. The number of nitrogens with one attached hydrogen (secondary N) is 4. The van der Waals surface area contributed by atoms with Crippen molar-refractivity contribution in [2.24, 2.45) is 11.8 Å². The van der Waals surface area contributed by atoms with Gasteiger partial charge in [0.15, 0.2) is 5.82 Å². The zero-order valence-corrected chi connectivity index (χ0v) is 27.4. The highest BCUT2D eigenvalue weighted by atomic mass is 32.2. The number of hydrogen-bond acceptors (Lipinski definition) is 9. The third-order valence-electron chi connectivity index (χ3n) is 7.99.